The highest BCUT2D eigenvalue weighted by molar-refractivity contribution is 5.92. The molecule has 6 nitrogen and oxygen atoms in total. The van der Waals surface area contributed by atoms with E-state index in [4.69, 9.17) is 0 Å². The summed E-state index contributed by atoms with van der Waals surface area (Å²) in [6, 6.07) is 12.5. The highest BCUT2D eigenvalue weighted by Gasteiger charge is 2.32. The molecule has 0 saturated carbocycles. The lowest BCUT2D eigenvalue weighted by Gasteiger charge is -2.41. The number of aromatic nitrogens is 3. The van der Waals surface area contributed by atoms with Crippen LogP contribution in [0.2, 0.25) is 0 Å². The molecule has 6 heteroatoms. The molecule has 0 spiro atoms. The number of nitrogens with zero attached hydrogens (tertiary/aromatic N) is 4. The Balaban J connectivity index is 1.52. The molecule has 0 aliphatic carbocycles. The summed E-state index contributed by atoms with van der Waals surface area (Å²) in [7, 11) is 2.12. The van der Waals surface area contributed by atoms with Crippen molar-refractivity contribution in [3.63, 3.8) is 0 Å². The van der Waals surface area contributed by atoms with Crippen molar-refractivity contribution in [2.75, 3.05) is 26.7 Å². The molecule has 1 aliphatic rings. The van der Waals surface area contributed by atoms with E-state index in [-0.39, 0.29) is 11.9 Å². The lowest BCUT2D eigenvalue weighted by molar-refractivity contribution is 0.0397. The largest absolute Gasteiger partial charge is 0.341 e. The van der Waals surface area contributed by atoms with Gasteiger partial charge in [0.05, 0.1) is 12.2 Å². The Bertz CT molecular complexity index is 941. The summed E-state index contributed by atoms with van der Waals surface area (Å²) in [5, 5.41) is 8.59. The first-order valence-corrected chi connectivity index (χ1v) is 9.60. The predicted molar refractivity (Wildman–Crippen MR) is 107 cm³/mol. The molecule has 4 rings (SSSR count). The van der Waals surface area contributed by atoms with Crippen LogP contribution in [0.4, 0.5) is 0 Å². The van der Waals surface area contributed by atoms with E-state index in [0.29, 0.717) is 18.2 Å². The minimum atomic E-state index is 0.0293. The summed E-state index contributed by atoms with van der Waals surface area (Å²) in [6.07, 6.45) is 2.07. The van der Waals surface area contributed by atoms with Gasteiger partial charge in [-0.25, -0.2) is 0 Å². The van der Waals surface area contributed by atoms with Gasteiger partial charge in [-0.2, -0.15) is 5.10 Å². The Morgan fingerprint density at radius 2 is 2.07 bits per heavy atom. The van der Waals surface area contributed by atoms with Gasteiger partial charge in [-0.3, -0.25) is 9.89 Å². The van der Waals surface area contributed by atoms with Crippen LogP contribution in [0, 0.1) is 5.92 Å². The van der Waals surface area contributed by atoms with Crippen LogP contribution >= 0.6 is 0 Å². The smallest absolute Gasteiger partial charge is 0.274 e. The van der Waals surface area contributed by atoms with Crippen LogP contribution in [0.3, 0.4) is 0 Å². The number of nitrogens with one attached hydrogen (secondary N) is 1. The zero-order chi connectivity index (χ0) is 19.0. The molecule has 3 heterocycles. The molecule has 1 amide bonds. The van der Waals surface area contributed by atoms with Crippen molar-refractivity contribution in [3.05, 3.63) is 54.0 Å². The van der Waals surface area contributed by atoms with Crippen LogP contribution in [-0.2, 0) is 6.54 Å². The Labute approximate surface area is 159 Å². The minimum absolute atomic E-state index is 0.0293. The first kappa shape index (κ1) is 17.8. The van der Waals surface area contributed by atoms with Gasteiger partial charge in [0.1, 0.15) is 5.69 Å². The van der Waals surface area contributed by atoms with Gasteiger partial charge in [0.25, 0.3) is 5.91 Å². The molecule has 1 aromatic carbocycles. The quantitative estimate of drug-likeness (QED) is 0.773. The van der Waals surface area contributed by atoms with E-state index in [1.54, 1.807) is 0 Å². The highest BCUT2D eigenvalue weighted by Crippen LogP contribution is 2.20. The van der Waals surface area contributed by atoms with Gasteiger partial charge in [-0.1, -0.05) is 32.0 Å². The summed E-state index contributed by atoms with van der Waals surface area (Å²) in [5.41, 5.74) is 2.63. The van der Waals surface area contributed by atoms with Gasteiger partial charge in [0, 0.05) is 37.4 Å². The zero-order valence-electron chi connectivity index (χ0n) is 16.2. The number of aromatic amines is 1. The average Bonchev–Trinajstić information content (AvgIpc) is 3.29. The summed E-state index contributed by atoms with van der Waals surface area (Å²) in [4.78, 5) is 17.4. The third-order valence-corrected chi connectivity index (χ3v) is 5.52. The van der Waals surface area contributed by atoms with Crippen molar-refractivity contribution in [2.24, 2.45) is 5.92 Å². The summed E-state index contributed by atoms with van der Waals surface area (Å²) in [6.45, 7) is 7.60. The van der Waals surface area contributed by atoms with Crippen molar-refractivity contribution in [1.82, 2.24) is 24.6 Å². The van der Waals surface area contributed by atoms with Gasteiger partial charge in [0.2, 0.25) is 0 Å². The Morgan fingerprint density at radius 3 is 2.89 bits per heavy atom. The van der Waals surface area contributed by atoms with Gasteiger partial charge in [-0.15, -0.1) is 0 Å². The molecule has 142 valence electrons. The van der Waals surface area contributed by atoms with Crippen molar-refractivity contribution in [3.8, 4) is 0 Å². The van der Waals surface area contributed by atoms with Crippen LogP contribution in [0.1, 0.15) is 30.0 Å². The molecule has 1 aliphatic heterocycles. The third-order valence-electron chi connectivity index (χ3n) is 5.52. The summed E-state index contributed by atoms with van der Waals surface area (Å²) in [5.74, 6) is 0.447. The van der Waals surface area contributed by atoms with Crippen molar-refractivity contribution in [1.29, 1.82) is 0 Å². The summed E-state index contributed by atoms with van der Waals surface area (Å²) >= 11 is 0. The predicted octanol–water partition coefficient (Wildman–Crippen LogP) is 2.82. The molecular formula is C21H27N5O. The normalized spacial score (nSPS) is 18.5. The van der Waals surface area contributed by atoms with Crippen molar-refractivity contribution in [2.45, 2.75) is 26.4 Å². The fraction of sp³-hybridized carbons (Fsp3) is 0.429. The number of para-hydroxylation sites is 1. The third kappa shape index (κ3) is 3.49. The van der Waals surface area contributed by atoms with Gasteiger partial charge in [-0.05, 0) is 36.6 Å². The molecular weight excluding hydrogens is 338 g/mol. The maximum atomic E-state index is 13.1. The van der Waals surface area contributed by atoms with E-state index >= 15 is 0 Å². The standard InChI is InChI=1S/C21H27N5O/c1-15(2)20-14-24(3)10-11-26(20)21(27)18-12-17(22-23-18)13-25-9-8-16-6-4-5-7-19(16)25/h4-9,12,15,20H,10-11,13-14H2,1-3H3,(H,22,23)/t20-/m1/s1. The molecule has 1 fully saturated rings. The first-order valence-electron chi connectivity index (χ1n) is 9.60. The molecule has 3 aromatic rings. The van der Waals surface area contributed by atoms with E-state index < -0.39 is 0 Å². The fourth-order valence-corrected chi connectivity index (χ4v) is 3.94. The van der Waals surface area contributed by atoms with Crippen molar-refractivity contribution < 1.29 is 4.79 Å². The number of amides is 1. The lowest BCUT2D eigenvalue weighted by Crippen LogP contribution is -2.56. The van der Waals surface area contributed by atoms with E-state index in [2.05, 4.69) is 65.0 Å². The highest BCUT2D eigenvalue weighted by atomic mass is 16.2. The number of H-pyrrole nitrogens is 1. The number of hydrogen-bond donors (Lipinski definition) is 1. The number of rotatable bonds is 4. The monoisotopic (exact) mass is 365 g/mol. The Kier molecular flexibility index (Phi) is 4.74. The lowest BCUT2D eigenvalue weighted by atomic mass is 9.99. The van der Waals surface area contributed by atoms with E-state index in [1.807, 2.05) is 23.1 Å². The Morgan fingerprint density at radius 1 is 1.26 bits per heavy atom. The maximum absolute atomic E-state index is 13.1. The van der Waals surface area contributed by atoms with E-state index in [9.17, 15) is 4.79 Å². The number of hydrogen-bond acceptors (Lipinski definition) is 3. The molecule has 2 aromatic heterocycles. The maximum Gasteiger partial charge on any atom is 0.274 e. The van der Waals surface area contributed by atoms with Crippen molar-refractivity contribution >= 4 is 16.8 Å². The number of carbonyl (C=O) groups excluding carboxylic acids is 1. The number of carbonyl (C=O) groups is 1. The van der Waals surface area contributed by atoms with Crippen LogP contribution in [0.15, 0.2) is 42.6 Å². The molecule has 27 heavy (non-hydrogen) atoms. The van der Waals surface area contributed by atoms with Crippen LogP contribution in [0.25, 0.3) is 10.9 Å². The minimum Gasteiger partial charge on any atom is -0.341 e. The number of likely N-dealkylation sites (N-methyl/N-ethyl adjacent to an activating group) is 1. The second-order valence-electron chi connectivity index (χ2n) is 7.85. The fourth-order valence-electron chi connectivity index (χ4n) is 3.94. The molecule has 0 radical (unpaired) electrons. The van der Waals surface area contributed by atoms with Crippen LogP contribution in [0.5, 0.6) is 0 Å². The zero-order valence-corrected chi connectivity index (χ0v) is 16.2. The van der Waals surface area contributed by atoms with E-state index in [1.165, 1.54) is 10.9 Å². The second-order valence-corrected chi connectivity index (χ2v) is 7.85. The first-order chi connectivity index (χ1) is 13.0. The van der Waals surface area contributed by atoms with Gasteiger partial charge < -0.3 is 14.4 Å². The second kappa shape index (κ2) is 7.19. The average molecular weight is 365 g/mol. The molecule has 0 unspecified atom stereocenters. The molecule has 0 bridgehead atoms. The number of fused-ring (bicyclic) bond motifs is 1. The van der Waals surface area contributed by atoms with E-state index in [0.717, 1.165) is 25.3 Å². The topological polar surface area (TPSA) is 57.2 Å². The Hall–Kier alpha value is -2.60. The van der Waals surface area contributed by atoms with Crippen LogP contribution in [-0.4, -0.2) is 63.2 Å². The molecule has 1 N–H and O–H groups in total. The molecule has 1 saturated heterocycles. The SMILES string of the molecule is CC(C)[C@H]1CN(C)CCN1C(=O)c1cc(Cn2ccc3ccccc32)[nH]n1. The number of piperazine rings is 1. The van der Waals surface area contributed by atoms with Gasteiger partial charge in [0.15, 0.2) is 0 Å². The molecule has 1 atom stereocenters. The number of benzene rings is 1. The summed E-state index contributed by atoms with van der Waals surface area (Å²) < 4.78 is 2.17. The van der Waals surface area contributed by atoms with Crippen LogP contribution < -0.4 is 0 Å². The van der Waals surface area contributed by atoms with Gasteiger partial charge >= 0.3 is 0 Å².